The molecule has 2 N–H and O–H groups in total. The van der Waals surface area contributed by atoms with E-state index in [-0.39, 0.29) is 12.3 Å². The van der Waals surface area contributed by atoms with E-state index in [1.807, 2.05) is 30.3 Å². The Hall–Kier alpha value is -1.84. The van der Waals surface area contributed by atoms with Crippen LogP contribution in [0.5, 0.6) is 0 Å². The van der Waals surface area contributed by atoms with Crippen molar-refractivity contribution in [2.24, 2.45) is 0 Å². The highest BCUT2D eigenvalue weighted by Crippen LogP contribution is 2.04. The molecule has 0 radical (unpaired) electrons. The van der Waals surface area contributed by atoms with Gasteiger partial charge in [-0.1, -0.05) is 30.3 Å². The molecule has 1 rings (SSSR count). The fraction of sp³-hybridized carbons (Fsp3) is 0.385. The fourth-order valence-electron chi connectivity index (χ4n) is 1.33. The van der Waals surface area contributed by atoms with Crippen LogP contribution < -0.4 is 5.32 Å². The first-order valence-electron chi connectivity index (χ1n) is 6.08. The van der Waals surface area contributed by atoms with Crippen LogP contribution in [-0.2, 0) is 16.0 Å². The van der Waals surface area contributed by atoms with Gasteiger partial charge in [0.05, 0.1) is 0 Å². The van der Waals surface area contributed by atoms with Gasteiger partial charge in [-0.05, 0) is 25.3 Å². The number of carboxylic acids is 1. The summed E-state index contributed by atoms with van der Waals surface area (Å²) in [5.74, 6) is -1.40. The summed E-state index contributed by atoms with van der Waals surface area (Å²) in [5, 5.41) is 11.0. The van der Waals surface area contributed by atoms with Gasteiger partial charge in [-0.25, -0.2) is 0 Å². The number of carbonyl (C=O) groups is 2. The second-order valence-corrected chi connectivity index (χ2v) is 3.78. The molecule has 2 atom stereocenters. The summed E-state index contributed by atoms with van der Waals surface area (Å²) in [6, 6.07) is 8.37. The maximum atomic E-state index is 11.4. The van der Waals surface area contributed by atoms with Gasteiger partial charge in [0.2, 0.25) is 5.91 Å². The van der Waals surface area contributed by atoms with E-state index in [1.54, 1.807) is 0 Å². The summed E-state index contributed by atoms with van der Waals surface area (Å²) in [6.45, 7) is 1.41. The predicted molar refractivity (Wildman–Crippen MR) is 64.6 cm³/mol. The third-order valence-corrected chi connectivity index (χ3v) is 2.30. The molecule has 4 heteroatoms. The molecule has 0 saturated heterocycles. The topological polar surface area (TPSA) is 66.4 Å². The van der Waals surface area contributed by atoms with Crippen molar-refractivity contribution in [1.82, 2.24) is 5.32 Å². The standard InChI is InChI=1S/C13H17NO3/c1-10(13(16)17)14-12(15)9-5-8-11-6-3-2-4-7-11/h2-4,6-7,10H,5,8-9H2,1H3,(H,14,15)(H,16,17)/t10-/m0/s1/i8D/t8?,10-. The molecule has 0 saturated carbocycles. The Kier molecular flexibility index (Phi) is 4.57. The zero-order chi connectivity index (χ0) is 13.5. The van der Waals surface area contributed by atoms with E-state index in [2.05, 4.69) is 5.32 Å². The van der Waals surface area contributed by atoms with Crippen LogP contribution >= 0.6 is 0 Å². The number of hydrogen-bond donors (Lipinski definition) is 2. The smallest absolute Gasteiger partial charge is 0.325 e. The van der Waals surface area contributed by atoms with Crippen molar-refractivity contribution in [3.05, 3.63) is 35.9 Å². The molecule has 1 amide bonds. The highest BCUT2D eigenvalue weighted by Gasteiger charge is 2.13. The molecule has 1 unspecified atom stereocenters. The number of aliphatic carboxylic acids is 1. The normalized spacial score (nSPS) is 14.5. The number of aryl methyl sites for hydroxylation is 1. The lowest BCUT2D eigenvalue weighted by atomic mass is 10.1. The van der Waals surface area contributed by atoms with Gasteiger partial charge in [0.1, 0.15) is 6.04 Å². The lowest BCUT2D eigenvalue weighted by Crippen LogP contribution is -2.38. The van der Waals surface area contributed by atoms with E-state index in [4.69, 9.17) is 6.48 Å². The Labute approximate surface area is 102 Å². The van der Waals surface area contributed by atoms with Crippen molar-refractivity contribution < 1.29 is 16.1 Å². The number of amides is 1. The maximum Gasteiger partial charge on any atom is 0.325 e. The highest BCUT2D eigenvalue weighted by molar-refractivity contribution is 5.83. The Morgan fingerprint density at radius 2 is 2.06 bits per heavy atom. The summed E-state index contributed by atoms with van der Waals surface area (Å²) < 4.78 is 7.88. The Morgan fingerprint density at radius 1 is 1.41 bits per heavy atom. The van der Waals surface area contributed by atoms with Crippen LogP contribution in [0.2, 0.25) is 0 Å². The zero-order valence-electron chi connectivity index (χ0n) is 10.7. The number of carbonyl (C=O) groups excluding carboxylic acids is 1. The van der Waals surface area contributed by atoms with Crippen molar-refractivity contribution in [2.75, 3.05) is 0 Å². The van der Waals surface area contributed by atoms with E-state index in [1.165, 1.54) is 6.92 Å². The van der Waals surface area contributed by atoms with Crippen LogP contribution in [0.25, 0.3) is 0 Å². The SMILES string of the molecule is [2H]C(CCC(=O)N[C@@H](C)C(=O)O)c1ccccc1. The molecule has 0 heterocycles. The van der Waals surface area contributed by atoms with E-state index in [0.717, 1.165) is 5.56 Å². The molecule has 0 spiro atoms. The molecule has 0 aliphatic heterocycles. The summed E-state index contributed by atoms with van der Waals surface area (Å²) in [6.07, 6.45) is 0.0696. The lowest BCUT2D eigenvalue weighted by molar-refractivity contribution is -0.141. The molecule has 17 heavy (non-hydrogen) atoms. The maximum absolute atomic E-state index is 11.4. The molecule has 0 aliphatic rings. The third kappa shape index (κ3) is 5.15. The molecular weight excluding hydrogens is 218 g/mol. The summed E-state index contributed by atoms with van der Waals surface area (Å²) in [5.41, 5.74) is 0.858. The van der Waals surface area contributed by atoms with Gasteiger partial charge in [0.25, 0.3) is 0 Å². The first kappa shape index (κ1) is 11.6. The first-order chi connectivity index (χ1) is 8.50. The zero-order valence-corrected chi connectivity index (χ0v) is 9.72. The minimum absolute atomic E-state index is 0.153. The largest absolute Gasteiger partial charge is 0.480 e. The van der Waals surface area contributed by atoms with E-state index in [0.29, 0.717) is 6.42 Å². The van der Waals surface area contributed by atoms with Crippen LogP contribution in [0.4, 0.5) is 0 Å². The number of carboxylic acid groups (broad SMARTS) is 1. The molecule has 92 valence electrons. The Morgan fingerprint density at radius 3 is 2.65 bits per heavy atom. The second kappa shape index (κ2) is 6.68. The van der Waals surface area contributed by atoms with Crippen LogP contribution in [0.3, 0.4) is 0 Å². The molecule has 1 aromatic rings. The van der Waals surface area contributed by atoms with Crippen molar-refractivity contribution >= 4 is 11.9 Å². The monoisotopic (exact) mass is 236 g/mol. The van der Waals surface area contributed by atoms with Gasteiger partial charge < -0.3 is 10.4 Å². The average molecular weight is 236 g/mol. The molecular formula is C13H17NO3. The number of hydrogen-bond acceptors (Lipinski definition) is 2. The summed E-state index contributed by atoms with van der Waals surface area (Å²) in [4.78, 5) is 22.0. The van der Waals surface area contributed by atoms with Crippen LogP contribution in [0, 0.1) is 0 Å². The lowest BCUT2D eigenvalue weighted by Gasteiger charge is -2.08. The molecule has 0 bridgehead atoms. The van der Waals surface area contributed by atoms with Crippen molar-refractivity contribution in [1.29, 1.82) is 0 Å². The predicted octanol–water partition coefficient (Wildman–Crippen LogP) is 1.60. The van der Waals surface area contributed by atoms with Gasteiger partial charge in [-0.3, -0.25) is 9.59 Å². The van der Waals surface area contributed by atoms with E-state index < -0.39 is 18.4 Å². The van der Waals surface area contributed by atoms with Crippen LogP contribution in [-0.4, -0.2) is 23.0 Å². The van der Waals surface area contributed by atoms with Crippen molar-refractivity contribution in [3.8, 4) is 0 Å². The Balaban J connectivity index is 2.37. The van der Waals surface area contributed by atoms with Gasteiger partial charge in [0, 0.05) is 7.79 Å². The van der Waals surface area contributed by atoms with Gasteiger partial charge in [0.15, 0.2) is 0 Å². The van der Waals surface area contributed by atoms with Crippen LogP contribution in [0.1, 0.15) is 26.7 Å². The van der Waals surface area contributed by atoms with Crippen molar-refractivity contribution in [2.45, 2.75) is 32.2 Å². The van der Waals surface area contributed by atoms with Gasteiger partial charge in [-0.15, -0.1) is 0 Å². The van der Waals surface area contributed by atoms with Gasteiger partial charge in [-0.2, -0.15) is 0 Å². The minimum Gasteiger partial charge on any atom is -0.480 e. The molecule has 1 aromatic carbocycles. The first-order valence-corrected chi connectivity index (χ1v) is 5.50. The number of benzene rings is 1. The summed E-state index contributed by atoms with van der Waals surface area (Å²) in [7, 11) is 0. The molecule has 0 aromatic heterocycles. The van der Waals surface area contributed by atoms with Crippen molar-refractivity contribution in [3.63, 3.8) is 0 Å². The third-order valence-electron chi connectivity index (χ3n) is 2.30. The van der Waals surface area contributed by atoms with E-state index >= 15 is 0 Å². The number of nitrogens with one attached hydrogen (secondary N) is 1. The minimum atomic E-state index is -1.06. The fourth-order valence-corrected chi connectivity index (χ4v) is 1.33. The highest BCUT2D eigenvalue weighted by atomic mass is 16.4. The Bertz CT molecular complexity index is 408. The van der Waals surface area contributed by atoms with Crippen LogP contribution in [0.15, 0.2) is 30.3 Å². The van der Waals surface area contributed by atoms with E-state index in [9.17, 15) is 9.59 Å². The molecule has 0 fully saturated rings. The second-order valence-electron chi connectivity index (χ2n) is 3.78. The quantitative estimate of drug-likeness (QED) is 0.788. The molecule has 0 aliphatic carbocycles. The van der Waals surface area contributed by atoms with Gasteiger partial charge >= 0.3 is 5.97 Å². The molecule has 4 nitrogen and oxygen atoms in total. The summed E-state index contributed by atoms with van der Waals surface area (Å²) >= 11 is 0. The average Bonchev–Trinajstić information content (AvgIpc) is 2.36. The number of rotatable bonds is 6.